The van der Waals surface area contributed by atoms with Gasteiger partial charge in [0, 0.05) is 36.3 Å². The molecule has 3 amide bonds. The van der Waals surface area contributed by atoms with Gasteiger partial charge < -0.3 is 15.5 Å². The summed E-state index contributed by atoms with van der Waals surface area (Å²) in [6.07, 6.45) is 1.22. The molecule has 0 atom stereocenters. The first-order valence-corrected chi connectivity index (χ1v) is 8.61. The summed E-state index contributed by atoms with van der Waals surface area (Å²) in [6, 6.07) is 11.4. The Bertz CT molecular complexity index is 865. The van der Waals surface area contributed by atoms with Crippen LogP contribution in [-0.2, 0) is 4.79 Å². The van der Waals surface area contributed by atoms with Crippen molar-refractivity contribution in [1.29, 1.82) is 0 Å². The van der Waals surface area contributed by atoms with Gasteiger partial charge in [-0.1, -0.05) is 11.6 Å². The van der Waals surface area contributed by atoms with E-state index < -0.39 is 0 Å². The number of rotatable bonds is 4. The fourth-order valence-corrected chi connectivity index (χ4v) is 3.04. The van der Waals surface area contributed by atoms with E-state index in [9.17, 15) is 14.4 Å². The number of hydrogen-bond donors (Lipinski definition) is 2. The third kappa shape index (κ3) is 3.70. The molecule has 1 saturated heterocycles. The smallest absolute Gasteiger partial charge is 0.257 e. The molecule has 0 spiro atoms. The summed E-state index contributed by atoms with van der Waals surface area (Å²) >= 11 is 6.06. The Balaban J connectivity index is 1.84. The van der Waals surface area contributed by atoms with E-state index in [1.54, 1.807) is 54.4 Å². The van der Waals surface area contributed by atoms with Crippen LogP contribution in [0, 0.1) is 0 Å². The van der Waals surface area contributed by atoms with E-state index in [0.29, 0.717) is 40.5 Å². The molecule has 6 nitrogen and oxygen atoms in total. The Kier molecular flexibility index (Phi) is 5.23. The van der Waals surface area contributed by atoms with Gasteiger partial charge in [0.2, 0.25) is 5.91 Å². The highest BCUT2D eigenvalue weighted by Gasteiger charge is 2.26. The lowest BCUT2D eigenvalue weighted by Gasteiger charge is -2.19. The predicted octanol–water partition coefficient (Wildman–Crippen LogP) is 3.08. The molecule has 0 aliphatic carbocycles. The van der Waals surface area contributed by atoms with Gasteiger partial charge in [0.05, 0.1) is 11.3 Å². The average molecular weight is 372 g/mol. The van der Waals surface area contributed by atoms with Crippen LogP contribution in [0.3, 0.4) is 0 Å². The Morgan fingerprint density at radius 1 is 1.08 bits per heavy atom. The van der Waals surface area contributed by atoms with Gasteiger partial charge in [0.1, 0.15) is 0 Å². The van der Waals surface area contributed by atoms with Crippen LogP contribution in [0.15, 0.2) is 42.5 Å². The van der Waals surface area contributed by atoms with E-state index in [2.05, 4.69) is 10.6 Å². The maximum absolute atomic E-state index is 12.7. The van der Waals surface area contributed by atoms with Crippen molar-refractivity contribution in [1.82, 2.24) is 5.32 Å². The SMILES string of the molecule is CNC(=O)c1ccc(NC(=O)c2ccc(Cl)cc2N2CCCC2=O)cc1. The molecule has 7 heteroatoms. The van der Waals surface area contributed by atoms with Crippen LogP contribution in [0.5, 0.6) is 0 Å². The Morgan fingerprint density at radius 3 is 2.42 bits per heavy atom. The number of nitrogens with one attached hydrogen (secondary N) is 2. The molecule has 0 bridgehead atoms. The molecule has 134 valence electrons. The Hall–Kier alpha value is -2.86. The summed E-state index contributed by atoms with van der Waals surface area (Å²) < 4.78 is 0. The van der Waals surface area contributed by atoms with E-state index in [-0.39, 0.29) is 17.7 Å². The van der Waals surface area contributed by atoms with Crippen molar-refractivity contribution >= 4 is 40.7 Å². The highest BCUT2D eigenvalue weighted by atomic mass is 35.5. The first-order valence-electron chi connectivity index (χ1n) is 8.23. The molecule has 1 aliphatic rings. The van der Waals surface area contributed by atoms with Gasteiger partial charge in [-0.3, -0.25) is 14.4 Å². The second-order valence-corrected chi connectivity index (χ2v) is 6.36. The first-order chi connectivity index (χ1) is 12.5. The second kappa shape index (κ2) is 7.58. The molecule has 1 fully saturated rings. The molecular weight excluding hydrogens is 354 g/mol. The van der Waals surface area contributed by atoms with Gasteiger partial charge in [-0.25, -0.2) is 0 Å². The molecule has 2 aromatic carbocycles. The van der Waals surface area contributed by atoms with Crippen LogP contribution in [0.4, 0.5) is 11.4 Å². The van der Waals surface area contributed by atoms with Crippen molar-refractivity contribution in [3.8, 4) is 0 Å². The Labute approximate surface area is 156 Å². The number of nitrogens with zero attached hydrogens (tertiary/aromatic N) is 1. The van der Waals surface area contributed by atoms with E-state index in [1.807, 2.05) is 0 Å². The number of benzene rings is 2. The minimum absolute atomic E-state index is 0.0174. The van der Waals surface area contributed by atoms with Crippen LogP contribution in [0.2, 0.25) is 5.02 Å². The topological polar surface area (TPSA) is 78.5 Å². The third-order valence-electron chi connectivity index (χ3n) is 4.20. The zero-order valence-corrected chi connectivity index (χ0v) is 15.0. The minimum Gasteiger partial charge on any atom is -0.355 e. The van der Waals surface area contributed by atoms with Crippen LogP contribution in [0.25, 0.3) is 0 Å². The van der Waals surface area contributed by atoms with Crippen molar-refractivity contribution in [2.45, 2.75) is 12.8 Å². The molecule has 2 N–H and O–H groups in total. The quantitative estimate of drug-likeness (QED) is 0.866. The summed E-state index contributed by atoms with van der Waals surface area (Å²) in [6.45, 7) is 0.570. The largest absolute Gasteiger partial charge is 0.355 e. The highest BCUT2D eigenvalue weighted by molar-refractivity contribution is 6.31. The lowest BCUT2D eigenvalue weighted by atomic mass is 10.1. The summed E-state index contributed by atoms with van der Waals surface area (Å²) in [7, 11) is 1.56. The maximum atomic E-state index is 12.7. The normalized spacial score (nSPS) is 13.6. The molecule has 1 aliphatic heterocycles. The molecule has 0 saturated carbocycles. The maximum Gasteiger partial charge on any atom is 0.257 e. The van der Waals surface area contributed by atoms with Crippen LogP contribution in [-0.4, -0.2) is 31.3 Å². The van der Waals surface area contributed by atoms with Gasteiger partial charge >= 0.3 is 0 Å². The summed E-state index contributed by atoms with van der Waals surface area (Å²) in [5.74, 6) is -0.560. The third-order valence-corrected chi connectivity index (χ3v) is 4.44. The zero-order chi connectivity index (χ0) is 18.7. The fourth-order valence-electron chi connectivity index (χ4n) is 2.87. The van der Waals surface area contributed by atoms with Crippen molar-refractivity contribution in [3.63, 3.8) is 0 Å². The zero-order valence-electron chi connectivity index (χ0n) is 14.2. The van der Waals surface area contributed by atoms with Crippen LogP contribution >= 0.6 is 11.6 Å². The number of carbonyl (C=O) groups excluding carboxylic acids is 3. The molecule has 1 heterocycles. The summed E-state index contributed by atoms with van der Waals surface area (Å²) in [4.78, 5) is 37.9. The molecule has 0 aromatic heterocycles. The number of hydrogen-bond acceptors (Lipinski definition) is 3. The number of halogens is 1. The predicted molar refractivity (Wildman–Crippen MR) is 101 cm³/mol. The fraction of sp³-hybridized carbons (Fsp3) is 0.211. The van der Waals surface area contributed by atoms with Gasteiger partial charge in [-0.15, -0.1) is 0 Å². The first kappa shape index (κ1) is 17.9. The molecule has 0 radical (unpaired) electrons. The van der Waals surface area contributed by atoms with Gasteiger partial charge in [-0.05, 0) is 48.9 Å². The van der Waals surface area contributed by atoms with Crippen molar-refractivity contribution in [2.75, 3.05) is 23.8 Å². The van der Waals surface area contributed by atoms with Gasteiger partial charge in [0.25, 0.3) is 11.8 Å². The molecule has 3 rings (SSSR count). The highest BCUT2D eigenvalue weighted by Crippen LogP contribution is 2.29. The van der Waals surface area contributed by atoms with E-state index in [0.717, 1.165) is 6.42 Å². The minimum atomic E-state index is -0.343. The number of amides is 3. The molecule has 26 heavy (non-hydrogen) atoms. The van der Waals surface area contributed by atoms with Crippen molar-refractivity contribution in [3.05, 3.63) is 58.6 Å². The lowest BCUT2D eigenvalue weighted by Crippen LogP contribution is -2.27. The average Bonchev–Trinajstić information content (AvgIpc) is 3.07. The van der Waals surface area contributed by atoms with Crippen LogP contribution < -0.4 is 15.5 Å². The van der Waals surface area contributed by atoms with Crippen molar-refractivity contribution < 1.29 is 14.4 Å². The van der Waals surface area contributed by atoms with E-state index >= 15 is 0 Å². The van der Waals surface area contributed by atoms with Crippen molar-refractivity contribution in [2.24, 2.45) is 0 Å². The molecule has 0 unspecified atom stereocenters. The number of anilines is 2. The lowest BCUT2D eigenvalue weighted by molar-refractivity contribution is -0.117. The van der Waals surface area contributed by atoms with Crippen LogP contribution in [0.1, 0.15) is 33.6 Å². The molecular formula is C19H18ClN3O3. The summed E-state index contributed by atoms with van der Waals surface area (Å²) in [5, 5.41) is 5.79. The van der Waals surface area contributed by atoms with Gasteiger partial charge in [0.15, 0.2) is 0 Å². The number of carbonyl (C=O) groups is 3. The monoisotopic (exact) mass is 371 g/mol. The molecule has 2 aromatic rings. The van der Waals surface area contributed by atoms with Gasteiger partial charge in [-0.2, -0.15) is 0 Å². The van der Waals surface area contributed by atoms with E-state index in [4.69, 9.17) is 11.6 Å². The van der Waals surface area contributed by atoms with E-state index in [1.165, 1.54) is 0 Å². The Morgan fingerprint density at radius 2 is 1.81 bits per heavy atom. The second-order valence-electron chi connectivity index (χ2n) is 5.92. The standard InChI is InChI=1S/C19H18ClN3O3/c1-21-18(25)12-4-7-14(8-5-12)22-19(26)15-9-6-13(20)11-16(15)23-10-2-3-17(23)24/h4-9,11H,2-3,10H2,1H3,(H,21,25)(H,22,26). The summed E-state index contributed by atoms with van der Waals surface area (Å²) in [5.41, 5.74) is 1.94.